The summed E-state index contributed by atoms with van der Waals surface area (Å²) in [5, 5.41) is 12.1. The van der Waals surface area contributed by atoms with Gasteiger partial charge in [-0.1, -0.05) is 30.0 Å². The summed E-state index contributed by atoms with van der Waals surface area (Å²) in [6.07, 6.45) is 2.03. The Morgan fingerprint density at radius 2 is 1.94 bits per heavy atom. The number of aromatic nitrogens is 7. The standard InChI is InChI=1S/C25H26N8O2S/c1-14-8-7-11-33-23(14)27-15(2)17(24(33)35)12-20-30-31-25(32(20)4)36-13-21(34)26-16(3)22-28-18-9-5-6-10-19(18)29-22/h5-11,16H,12-13H2,1-4H3,(H,26,34)(H,28,29)/t16-/m1/s1. The van der Waals surface area contributed by atoms with Crippen molar-refractivity contribution in [3.63, 3.8) is 0 Å². The summed E-state index contributed by atoms with van der Waals surface area (Å²) in [5.74, 6) is 1.37. The number of nitrogens with zero attached hydrogens (tertiary/aromatic N) is 6. The summed E-state index contributed by atoms with van der Waals surface area (Å²) in [7, 11) is 1.83. The maximum absolute atomic E-state index is 13.1. The van der Waals surface area contributed by atoms with Crippen LogP contribution in [0.3, 0.4) is 0 Å². The first-order chi connectivity index (χ1) is 17.3. The predicted molar refractivity (Wildman–Crippen MR) is 138 cm³/mol. The summed E-state index contributed by atoms with van der Waals surface area (Å²) < 4.78 is 3.38. The number of nitrogens with one attached hydrogen (secondary N) is 2. The lowest BCUT2D eigenvalue weighted by molar-refractivity contribution is -0.119. The van der Waals surface area contributed by atoms with Crippen molar-refractivity contribution in [3.05, 3.63) is 81.4 Å². The number of para-hydroxylation sites is 2. The van der Waals surface area contributed by atoms with E-state index in [9.17, 15) is 9.59 Å². The summed E-state index contributed by atoms with van der Waals surface area (Å²) in [5.41, 5.74) is 4.52. The highest BCUT2D eigenvalue weighted by atomic mass is 32.2. The first-order valence-corrected chi connectivity index (χ1v) is 12.5. The van der Waals surface area contributed by atoms with Gasteiger partial charge in [-0.3, -0.25) is 14.0 Å². The lowest BCUT2D eigenvalue weighted by Gasteiger charge is -2.11. The van der Waals surface area contributed by atoms with Gasteiger partial charge in [0.15, 0.2) is 5.16 Å². The zero-order chi connectivity index (χ0) is 25.4. The number of amides is 1. The average molecular weight is 503 g/mol. The highest BCUT2D eigenvalue weighted by Crippen LogP contribution is 2.19. The Kier molecular flexibility index (Phi) is 6.31. The highest BCUT2D eigenvalue weighted by Gasteiger charge is 2.18. The number of hydrogen-bond donors (Lipinski definition) is 2. The summed E-state index contributed by atoms with van der Waals surface area (Å²) in [4.78, 5) is 38.1. The number of rotatable bonds is 7. The summed E-state index contributed by atoms with van der Waals surface area (Å²) in [6.45, 7) is 5.66. The number of imidazole rings is 1. The Labute approximate surface area is 211 Å². The topological polar surface area (TPSA) is 123 Å². The lowest BCUT2D eigenvalue weighted by atomic mass is 10.1. The molecule has 0 saturated heterocycles. The van der Waals surface area contributed by atoms with E-state index in [-0.39, 0.29) is 23.3 Å². The van der Waals surface area contributed by atoms with Gasteiger partial charge < -0.3 is 14.9 Å². The van der Waals surface area contributed by atoms with Crippen LogP contribution < -0.4 is 10.9 Å². The van der Waals surface area contributed by atoms with Crippen LogP contribution in [0.5, 0.6) is 0 Å². The predicted octanol–water partition coefficient (Wildman–Crippen LogP) is 2.88. The van der Waals surface area contributed by atoms with E-state index < -0.39 is 0 Å². The van der Waals surface area contributed by atoms with Crippen LogP contribution in [0.15, 0.2) is 52.5 Å². The number of H-pyrrole nitrogens is 1. The van der Waals surface area contributed by atoms with Gasteiger partial charge in [0, 0.05) is 30.9 Å². The van der Waals surface area contributed by atoms with Gasteiger partial charge in [0.1, 0.15) is 17.3 Å². The molecule has 36 heavy (non-hydrogen) atoms. The number of aryl methyl sites for hydroxylation is 2. The molecule has 0 fully saturated rings. The zero-order valence-corrected chi connectivity index (χ0v) is 21.3. The van der Waals surface area contributed by atoms with Crippen LogP contribution in [-0.2, 0) is 18.3 Å². The van der Waals surface area contributed by atoms with Crippen molar-refractivity contribution in [2.45, 2.75) is 38.4 Å². The van der Waals surface area contributed by atoms with Crippen molar-refractivity contribution in [2.75, 3.05) is 5.75 Å². The lowest BCUT2D eigenvalue weighted by Crippen LogP contribution is -2.29. The number of benzene rings is 1. The number of aromatic amines is 1. The minimum absolute atomic E-state index is 0.114. The second-order valence-electron chi connectivity index (χ2n) is 8.72. The molecule has 0 radical (unpaired) electrons. The Hall–Kier alpha value is -3.99. The second-order valence-corrected chi connectivity index (χ2v) is 9.66. The fraction of sp³-hybridized carbons (Fsp3) is 0.280. The monoisotopic (exact) mass is 502 g/mol. The highest BCUT2D eigenvalue weighted by molar-refractivity contribution is 7.99. The second kappa shape index (κ2) is 9.57. The third-order valence-corrected chi connectivity index (χ3v) is 7.16. The molecule has 0 bridgehead atoms. The average Bonchev–Trinajstić information content (AvgIpc) is 3.45. The molecule has 0 unspecified atom stereocenters. The molecule has 4 heterocycles. The van der Waals surface area contributed by atoms with Crippen LogP contribution in [0.25, 0.3) is 16.7 Å². The van der Waals surface area contributed by atoms with E-state index in [1.807, 2.05) is 68.8 Å². The molecular formula is C25H26N8O2S. The van der Waals surface area contributed by atoms with Crippen molar-refractivity contribution < 1.29 is 4.79 Å². The molecule has 11 heteroatoms. The smallest absolute Gasteiger partial charge is 0.261 e. The molecule has 5 rings (SSSR count). The number of carbonyl (C=O) groups excluding carboxylic acids is 1. The van der Waals surface area contributed by atoms with E-state index in [2.05, 4.69) is 30.5 Å². The van der Waals surface area contributed by atoms with Gasteiger partial charge in [-0.15, -0.1) is 10.2 Å². The molecule has 1 atom stereocenters. The van der Waals surface area contributed by atoms with Crippen LogP contribution in [0, 0.1) is 13.8 Å². The fourth-order valence-corrected chi connectivity index (χ4v) is 4.83. The Morgan fingerprint density at radius 1 is 1.14 bits per heavy atom. The number of pyridine rings is 1. The first-order valence-electron chi connectivity index (χ1n) is 11.5. The van der Waals surface area contributed by atoms with Gasteiger partial charge >= 0.3 is 0 Å². The van der Waals surface area contributed by atoms with E-state index >= 15 is 0 Å². The molecule has 0 aliphatic carbocycles. The number of hydrogen-bond acceptors (Lipinski definition) is 7. The molecule has 2 N–H and O–H groups in total. The molecule has 4 aromatic heterocycles. The largest absolute Gasteiger partial charge is 0.346 e. The molecule has 0 saturated carbocycles. The fourth-order valence-electron chi connectivity index (χ4n) is 4.09. The Balaban J connectivity index is 1.26. The molecular weight excluding hydrogens is 476 g/mol. The minimum atomic E-state index is -0.263. The van der Waals surface area contributed by atoms with Gasteiger partial charge in [-0.05, 0) is 44.5 Å². The van der Waals surface area contributed by atoms with Crippen molar-refractivity contribution in [3.8, 4) is 0 Å². The summed E-state index contributed by atoms with van der Waals surface area (Å²) in [6, 6.07) is 11.2. The molecule has 5 aromatic rings. The van der Waals surface area contributed by atoms with Crippen molar-refractivity contribution in [1.82, 2.24) is 39.4 Å². The van der Waals surface area contributed by atoms with Gasteiger partial charge in [0.2, 0.25) is 5.91 Å². The maximum atomic E-state index is 13.1. The maximum Gasteiger partial charge on any atom is 0.261 e. The number of carbonyl (C=O) groups is 1. The number of thioether (sulfide) groups is 1. The van der Waals surface area contributed by atoms with Crippen LogP contribution >= 0.6 is 11.8 Å². The Morgan fingerprint density at radius 3 is 2.75 bits per heavy atom. The molecule has 0 spiro atoms. The van der Waals surface area contributed by atoms with Crippen molar-refractivity contribution in [2.24, 2.45) is 7.05 Å². The molecule has 1 aromatic carbocycles. The summed E-state index contributed by atoms with van der Waals surface area (Å²) >= 11 is 1.29. The normalized spacial score (nSPS) is 12.3. The zero-order valence-electron chi connectivity index (χ0n) is 20.4. The van der Waals surface area contributed by atoms with E-state index in [1.54, 1.807) is 10.6 Å². The molecule has 0 aliphatic heterocycles. The molecule has 10 nitrogen and oxygen atoms in total. The van der Waals surface area contributed by atoms with E-state index in [1.165, 1.54) is 11.8 Å². The van der Waals surface area contributed by atoms with Crippen molar-refractivity contribution in [1.29, 1.82) is 0 Å². The SMILES string of the molecule is Cc1nc2c(C)cccn2c(=O)c1Cc1nnc(SCC(=O)N[C@H](C)c2nc3ccccc3[nH]2)n1C. The van der Waals surface area contributed by atoms with Crippen LogP contribution in [-0.4, -0.2) is 45.8 Å². The minimum Gasteiger partial charge on any atom is -0.346 e. The van der Waals surface area contributed by atoms with E-state index in [0.717, 1.165) is 16.6 Å². The molecule has 184 valence electrons. The van der Waals surface area contributed by atoms with Gasteiger partial charge in [-0.2, -0.15) is 0 Å². The van der Waals surface area contributed by atoms with Crippen LogP contribution in [0.2, 0.25) is 0 Å². The third-order valence-electron chi connectivity index (χ3n) is 6.14. The van der Waals surface area contributed by atoms with Crippen LogP contribution in [0.1, 0.15) is 41.4 Å². The molecule has 0 aliphatic rings. The Bertz CT molecular complexity index is 1620. The van der Waals surface area contributed by atoms with Gasteiger partial charge in [0.05, 0.1) is 22.8 Å². The van der Waals surface area contributed by atoms with Crippen molar-refractivity contribution >= 4 is 34.3 Å². The van der Waals surface area contributed by atoms with Gasteiger partial charge in [0.25, 0.3) is 5.56 Å². The van der Waals surface area contributed by atoms with Gasteiger partial charge in [-0.25, -0.2) is 9.97 Å². The molecule has 1 amide bonds. The van der Waals surface area contributed by atoms with E-state index in [4.69, 9.17) is 0 Å². The first kappa shape index (κ1) is 23.7. The third kappa shape index (κ3) is 4.49. The van der Waals surface area contributed by atoms with Crippen LogP contribution in [0.4, 0.5) is 0 Å². The number of fused-ring (bicyclic) bond motifs is 2. The quantitative estimate of drug-likeness (QED) is 0.328. The van der Waals surface area contributed by atoms with E-state index in [0.29, 0.717) is 40.1 Å².